The topological polar surface area (TPSA) is 291 Å². The van der Waals surface area contributed by atoms with E-state index in [2.05, 4.69) is 195 Å². The Kier molecular flexibility index (Phi) is 54.5. The van der Waals surface area contributed by atoms with Crippen molar-refractivity contribution < 1.29 is 38.4 Å². The van der Waals surface area contributed by atoms with Crippen molar-refractivity contribution in [2.75, 3.05) is 0 Å². The number of nitrogens with zero attached hydrogens (tertiary/aromatic N) is 12. The standard InChI is InChI=1S/2C18H21N3O.6C13H17NO/c2*1-12(2)13(3)10-14(4)17(22)18-20-9-7-16(21-18)15-6-5-8-19-11-15;2*1-10(2)4-5-11(3)13(15)12-6-8-14-9-7-12;2*1-10(2)6-7-11(3)13(15)12-5-4-8-14-9-12;2*1-10(2)7-8-11(3)13(15)12-6-4-5-9-14-12/h2*5-12,14H,1-4H3;6*4-11H,1-3H3/b2*13-10+;2*5-4+;2*7-6+;2*8-7+/t2*14-;6*11-/m10101010/s1. The fraction of sp³-hybridized carbons (Fsp3) is 0.368. The Hall–Kier alpha value is -13.4. The smallest absolute Gasteiger partial charge is 0.206 e. The maximum absolute atomic E-state index is 12.5. The second kappa shape index (κ2) is 63.7. The van der Waals surface area contributed by atoms with Crippen molar-refractivity contribution in [2.24, 2.45) is 94.7 Å². The molecule has 10 aromatic rings. The number of pyridine rings is 8. The molecular formula is C114H144N12O8. The summed E-state index contributed by atoms with van der Waals surface area (Å²) in [6.07, 6.45) is 54.6. The first-order valence-electron chi connectivity index (χ1n) is 46.3. The SMILES string of the molecule is C/C(=C\[C@@H](C)C(=O)c1nccc(-c2cccnc2)n1)C(C)C.C/C(=C\[C@H](C)C(=O)c1nccc(-c2cccnc2)n1)C(C)C.CC(C)/C=C/[C@@H](C)C(=O)c1ccccn1.CC(C)/C=C/[C@@H](C)C(=O)c1cccnc1.CC(C)/C=C/[C@@H](C)C(=O)c1ccncc1.CC(C)/C=C/[C@H](C)C(=O)c1ccccn1.CC(C)/C=C/[C@H](C)C(=O)c1cccnc1.CC(C)/C=C/[C@H](C)C(=O)c1ccncc1. The van der Waals surface area contributed by atoms with E-state index in [9.17, 15) is 38.4 Å². The minimum Gasteiger partial charge on any atom is -0.294 e. The summed E-state index contributed by atoms with van der Waals surface area (Å²) < 4.78 is 0. The van der Waals surface area contributed by atoms with Crippen molar-refractivity contribution in [3.63, 3.8) is 0 Å². The maximum Gasteiger partial charge on any atom is 0.206 e. The molecule has 0 saturated carbocycles. The van der Waals surface area contributed by atoms with Gasteiger partial charge in [0, 0.05) is 180 Å². The lowest BCUT2D eigenvalue weighted by Gasteiger charge is -2.10. The molecule has 10 rings (SSSR count). The average molecular weight is 1810 g/mol. The van der Waals surface area contributed by atoms with Gasteiger partial charge in [-0.25, -0.2) is 19.9 Å². The number of rotatable bonds is 34. The van der Waals surface area contributed by atoms with Crippen molar-refractivity contribution in [1.82, 2.24) is 59.8 Å². The first kappa shape index (κ1) is 115. The molecule has 134 heavy (non-hydrogen) atoms. The molecule has 0 fully saturated rings. The summed E-state index contributed by atoms with van der Waals surface area (Å²) in [5, 5.41) is 0. The predicted octanol–water partition coefficient (Wildman–Crippen LogP) is 26.6. The Morgan fingerprint density at radius 2 is 0.493 bits per heavy atom. The van der Waals surface area contributed by atoms with Gasteiger partial charge >= 0.3 is 0 Å². The second-order valence-corrected chi connectivity index (χ2v) is 35.5. The molecule has 0 saturated heterocycles. The van der Waals surface area contributed by atoms with Gasteiger partial charge in [-0.05, 0) is 170 Å². The van der Waals surface area contributed by atoms with Crippen LogP contribution in [-0.2, 0) is 0 Å². The third-order valence-corrected chi connectivity index (χ3v) is 20.2. The molecule has 0 amide bonds. The third-order valence-electron chi connectivity index (χ3n) is 20.2. The first-order chi connectivity index (χ1) is 63.6. The van der Waals surface area contributed by atoms with Crippen LogP contribution in [0.4, 0.5) is 0 Å². The average Bonchev–Trinajstić information content (AvgIpc) is 0.836. The molecule has 0 N–H and O–H groups in total. The minimum absolute atomic E-state index is 0.0604. The van der Waals surface area contributed by atoms with Crippen LogP contribution < -0.4 is 0 Å². The summed E-state index contributed by atoms with van der Waals surface area (Å²) >= 11 is 0. The Labute approximate surface area is 798 Å². The second-order valence-electron chi connectivity index (χ2n) is 35.5. The molecule has 10 aromatic heterocycles. The van der Waals surface area contributed by atoms with Crippen LogP contribution in [0.1, 0.15) is 264 Å². The molecule has 0 bridgehead atoms. The van der Waals surface area contributed by atoms with Gasteiger partial charge in [0.25, 0.3) is 0 Å². The van der Waals surface area contributed by atoms with Gasteiger partial charge in [0.1, 0.15) is 11.4 Å². The van der Waals surface area contributed by atoms with Crippen molar-refractivity contribution in [2.45, 2.75) is 180 Å². The maximum atomic E-state index is 12.5. The van der Waals surface area contributed by atoms with E-state index in [1.807, 2.05) is 179 Å². The Morgan fingerprint density at radius 1 is 0.224 bits per heavy atom. The molecule has 0 aliphatic heterocycles. The van der Waals surface area contributed by atoms with Crippen LogP contribution in [-0.4, -0.2) is 106 Å². The zero-order valence-electron chi connectivity index (χ0n) is 83.7. The predicted molar refractivity (Wildman–Crippen MR) is 545 cm³/mol. The highest BCUT2D eigenvalue weighted by Crippen LogP contribution is 2.23. The molecule has 0 aliphatic carbocycles. The summed E-state index contributed by atoms with van der Waals surface area (Å²) in [6.45, 7) is 52.9. The van der Waals surface area contributed by atoms with Crippen LogP contribution in [0.15, 0.2) is 317 Å². The van der Waals surface area contributed by atoms with Crippen molar-refractivity contribution in [3.8, 4) is 22.5 Å². The molecular weight excluding hydrogens is 1670 g/mol. The zero-order valence-corrected chi connectivity index (χ0v) is 83.7. The number of hydrogen-bond acceptors (Lipinski definition) is 20. The van der Waals surface area contributed by atoms with E-state index in [1.54, 1.807) is 172 Å². The molecule has 10 heterocycles. The van der Waals surface area contributed by atoms with Crippen molar-refractivity contribution in [3.05, 3.63) is 362 Å². The largest absolute Gasteiger partial charge is 0.294 e. The van der Waals surface area contributed by atoms with Crippen molar-refractivity contribution in [1.29, 1.82) is 0 Å². The lowest BCUT2D eigenvalue weighted by Crippen LogP contribution is -2.14. The highest BCUT2D eigenvalue weighted by atomic mass is 16.2. The summed E-state index contributed by atoms with van der Waals surface area (Å²) in [5.41, 5.74) is 9.46. The van der Waals surface area contributed by atoms with Gasteiger partial charge in [-0.15, -0.1) is 0 Å². The van der Waals surface area contributed by atoms with Crippen LogP contribution in [0.25, 0.3) is 22.5 Å². The van der Waals surface area contributed by atoms with E-state index in [-0.39, 0.29) is 105 Å². The number of hydrogen-bond donors (Lipinski definition) is 0. The van der Waals surface area contributed by atoms with E-state index in [4.69, 9.17) is 0 Å². The number of carbonyl (C=O) groups is 8. The van der Waals surface area contributed by atoms with E-state index in [1.165, 1.54) is 11.1 Å². The first-order valence-corrected chi connectivity index (χ1v) is 46.3. The van der Waals surface area contributed by atoms with Gasteiger partial charge in [0.2, 0.25) is 11.6 Å². The number of Topliss-reactive ketones (excluding diaryl/α,β-unsaturated/α-hetero) is 8. The van der Waals surface area contributed by atoms with E-state index >= 15 is 0 Å². The molecule has 0 unspecified atom stereocenters. The molecule has 8 atom stereocenters. The Balaban J connectivity index is 0.000000397. The molecule has 0 spiro atoms. The number of ketones is 8. The van der Waals surface area contributed by atoms with Crippen LogP contribution in [0.3, 0.4) is 0 Å². The van der Waals surface area contributed by atoms with E-state index in [0.29, 0.717) is 81.2 Å². The van der Waals surface area contributed by atoms with Crippen molar-refractivity contribution >= 4 is 46.3 Å². The quantitative estimate of drug-likeness (QED) is 0.0267. The van der Waals surface area contributed by atoms with Gasteiger partial charge < -0.3 is 0 Å². The lowest BCUT2D eigenvalue weighted by molar-refractivity contribution is 0.0935. The fourth-order valence-corrected chi connectivity index (χ4v) is 11.5. The number of aromatic nitrogens is 12. The molecule has 708 valence electrons. The number of carbonyl (C=O) groups excluding carboxylic acids is 8. The summed E-state index contributed by atoms with van der Waals surface area (Å²) in [6, 6.07) is 36.1. The molecule has 0 radical (unpaired) electrons. The van der Waals surface area contributed by atoms with Gasteiger partial charge in [0.15, 0.2) is 46.3 Å². The lowest BCUT2D eigenvalue weighted by atomic mass is 9.97. The van der Waals surface area contributed by atoms with Crippen LogP contribution in [0.5, 0.6) is 0 Å². The van der Waals surface area contributed by atoms with Crippen LogP contribution in [0, 0.1) is 94.7 Å². The van der Waals surface area contributed by atoms with Crippen LogP contribution >= 0.6 is 0 Å². The molecule has 0 aromatic carbocycles. The Bertz CT molecular complexity index is 4710. The highest BCUT2D eigenvalue weighted by Gasteiger charge is 2.22. The normalized spacial score (nSPS) is 13.3. The van der Waals surface area contributed by atoms with Gasteiger partial charge in [0.05, 0.1) is 11.4 Å². The zero-order chi connectivity index (χ0) is 99.8. The minimum atomic E-state index is -0.230. The monoisotopic (exact) mass is 1810 g/mol. The fourth-order valence-electron chi connectivity index (χ4n) is 11.5. The van der Waals surface area contributed by atoms with E-state index < -0.39 is 0 Å². The number of allylic oxidation sites excluding steroid dienone is 16. The van der Waals surface area contributed by atoms with Crippen LogP contribution in [0.2, 0.25) is 0 Å². The van der Waals surface area contributed by atoms with Gasteiger partial charge in [-0.2, -0.15) is 0 Å². The summed E-state index contributed by atoms with van der Waals surface area (Å²) in [4.78, 5) is 145. The van der Waals surface area contributed by atoms with E-state index in [0.717, 1.165) is 22.3 Å². The molecule has 20 nitrogen and oxygen atoms in total. The third kappa shape index (κ3) is 46.1. The van der Waals surface area contributed by atoms with Gasteiger partial charge in [-0.1, -0.05) is 275 Å². The summed E-state index contributed by atoms with van der Waals surface area (Å²) in [5.74, 6) is 3.89. The highest BCUT2D eigenvalue weighted by molar-refractivity contribution is 6.01. The van der Waals surface area contributed by atoms with Gasteiger partial charge in [-0.3, -0.25) is 78.2 Å². The summed E-state index contributed by atoms with van der Waals surface area (Å²) in [7, 11) is 0. The molecule has 0 aliphatic rings. The molecule has 20 heteroatoms. The Morgan fingerprint density at radius 3 is 0.731 bits per heavy atom.